The lowest BCUT2D eigenvalue weighted by atomic mass is 9.79. The van der Waals surface area contributed by atoms with Gasteiger partial charge in [-0.3, -0.25) is 19.3 Å². The molecule has 0 aromatic heterocycles. The van der Waals surface area contributed by atoms with Crippen molar-refractivity contribution < 1.29 is 33.0 Å². The third-order valence-electron chi connectivity index (χ3n) is 7.08. The first-order valence-electron chi connectivity index (χ1n) is 12.4. The Morgan fingerprint density at radius 2 is 1.51 bits per heavy atom. The lowest BCUT2D eigenvalue weighted by molar-refractivity contribution is -0.162. The maximum atomic E-state index is 13.0. The number of aliphatic hydroxyl groups excluding tert-OH is 1. The zero-order chi connectivity index (χ0) is 27.1. The molecule has 2 amide bonds. The van der Waals surface area contributed by atoms with Gasteiger partial charge in [-0.2, -0.15) is 0 Å². The van der Waals surface area contributed by atoms with Gasteiger partial charge >= 0.3 is 5.97 Å². The van der Waals surface area contributed by atoms with Gasteiger partial charge in [0, 0.05) is 38.5 Å². The van der Waals surface area contributed by atoms with Crippen LogP contribution in [-0.4, -0.2) is 73.1 Å². The van der Waals surface area contributed by atoms with Gasteiger partial charge in [0.2, 0.25) is 11.8 Å². The number of hydrogen-bond donors (Lipinski definition) is 1. The minimum Gasteiger partial charge on any atom is -0.465 e. The van der Waals surface area contributed by atoms with Gasteiger partial charge in [0.15, 0.2) is 0 Å². The maximum Gasteiger partial charge on any atom is 0.319 e. The Hall–Kier alpha value is -3.17. The molecule has 0 bridgehead atoms. The SMILES string of the molecule is CCOC(=O)C1C(=O)N(C)C(=O)CC1c1ccc(F)cc1.CN1CC[C@@H](c2ccc(F)cc2)[C@H](CO)C1. The first kappa shape index (κ1) is 28.4. The molecule has 2 fully saturated rings. The van der Waals surface area contributed by atoms with Crippen LogP contribution in [0.25, 0.3) is 0 Å². The molecule has 2 aromatic carbocycles. The highest BCUT2D eigenvalue weighted by molar-refractivity contribution is 6.08. The molecule has 2 aromatic rings. The topological polar surface area (TPSA) is 87.2 Å². The van der Waals surface area contributed by atoms with Crippen molar-refractivity contribution in [2.75, 3.05) is 40.4 Å². The van der Waals surface area contributed by atoms with Crippen molar-refractivity contribution in [3.8, 4) is 0 Å². The number of carbonyl (C=O) groups excluding carboxylic acids is 3. The fourth-order valence-corrected chi connectivity index (χ4v) is 5.01. The Morgan fingerprint density at radius 3 is 2.03 bits per heavy atom. The minimum atomic E-state index is -1.07. The van der Waals surface area contributed by atoms with E-state index in [1.54, 1.807) is 6.92 Å². The minimum absolute atomic E-state index is 0.0113. The quantitative estimate of drug-likeness (QED) is 0.373. The fraction of sp³-hybridized carbons (Fsp3) is 0.464. The molecule has 2 aliphatic heterocycles. The molecule has 0 radical (unpaired) electrons. The standard InChI is InChI=1S/C15H16FNO4.C13H18FNO/c1-3-21-15(20)13-11(8-12(18)17(2)14(13)19)9-4-6-10(16)7-5-9;1-15-7-6-13(11(8-15)9-16)10-2-4-12(14)5-3-10/h4-7,11,13H,3,8H2,1-2H3;2-5,11,13,16H,6-9H2,1H3/t;11-,13-/m.0/s1. The van der Waals surface area contributed by atoms with E-state index in [2.05, 4.69) is 11.9 Å². The fourth-order valence-electron chi connectivity index (χ4n) is 5.01. The van der Waals surface area contributed by atoms with Crippen LogP contribution in [0.2, 0.25) is 0 Å². The van der Waals surface area contributed by atoms with E-state index in [4.69, 9.17) is 4.74 Å². The number of carbonyl (C=O) groups is 3. The summed E-state index contributed by atoms with van der Waals surface area (Å²) in [5, 5.41) is 9.39. The van der Waals surface area contributed by atoms with Crippen LogP contribution in [0.5, 0.6) is 0 Å². The van der Waals surface area contributed by atoms with Crippen molar-refractivity contribution >= 4 is 17.8 Å². The van der Waals surface area contributed by atoms with Crippen molar-refractivity contribution in [1.29, 1.82) is 0 Å². The second kappa shape index (κ2) is 12.9. The first-order chi connectivity index (χ1) is 17.7. The smallest absolute Gasteiger partial charge is 0.319 e. The number of likely N-dealkylation sites (tertiary alicyclic amines) is 2. The summed E-state index contributed by atoms with van der Waals surface area (Å²) in [5.41, 5.74) is 1.72. The molecular formula is C28H34F2N2O5. The Balaban J connectivity index is 0.000000213. The van der Waals surface area contributed by atoms with E-state index in [1.165, 1.54) is 43.4 Å². The average molecular weight is 517 g/mol. The number of imide groups is 1. The number of piperidine rings is 2. The van der Waals surface area contributed by atoms with E-state index < -0.39 is 29.5 Å². The van der Waals surface area contributed by atoms with Gasteiger partial charge < -0.3 is 14.7 Å². The van der Waals surface area contributed by atoms with Crippen LogP contribution < -0.4 is 0 Å². The third kappa shape index (κ3) is 6.99. The van der Waals surface area contributed by atoms with Crippen molar-refractivity contribution in [2.24, 2.45) is 11.8 Å². The second-order valence-electron chi connectivity index (χ2n) is 9.53. The van der Waals surface area contributed by atoms with Crippen LogP contribution in [0.3, 0.4) is 0 Å². The van der Waals surface area contributed by atoms with Gasteiger partial charge in [0.1, 0.15) is 17.6 Å². The van der Waals surface area contributed by atoms with Gasteiger partial charge in [0.05, 0.1) is 6.61 Å². The molecule has 4 atom stereocenters. The van der Waals surface area contributed by atoms with Gasteiger partial charge in [-0.15, -0.1) is 0 Å². The molecular weight excluding hydrogens is 482 g/mol. The number of nitrogens with zero attached hydrogens (tertiary/aromatic N) is 2. The summed E-state index contributed by atoms with van der Waals surface area (Å²) in [4.78, 5) is 39.3. The number of rotatable bonds is 5. The maximum absolute atomic E-state index is 13.0. The number of benzene rings is 2. The molecule has 1 N–H and O–H groups in total. The number of hydrogen-bond acceptors (Lipinski definition) is 6. The molecule has 37 heavy (non-hydrogen) atoms. The Morgan fingerprint density at radius 1 is 0.973 bits per heavy atom. The van der Waals surface area contributed by atoms with Crippen LogP contribution in [0, 0.1) is 23.5 Å². The summed E-state index contributed by atoms with van der Waals surface area (Å²) in [6.07, 6.45) is 1.05. The molecule has 0 aliphatic carbocycles. The number of esters is 1. The normalized spacial score (nSPS) is 24.3. The Kier molecular flexibility index (Phi) is 9.88. The van der Waals surface area contributed by atoms with E-state index in [0.29, 0.717) is 11.5 Å². The highest BCUT2D eigenvalue weighted by Crippen LogP contribution is 2.35. The average Bonchev–Trinajstić information content (AvgIpc) is 2.88. The number of amides is 2. The monoisotopic (exact) mass is 516 g/mol. The lowest BCUT2D eigenvalue weighted by Gasteiger charge is -2.36. The largest absolute Gasteiger partial charge is 0.465 e. The van der Waals surface area contributed by atoms with Crippen molar-refractivity contribution in [1.82, 2.24) is 9.80 Å². The molecule has 4 rings (SSSR count). The Labute approximate surface area is 216 Å². The zero-order valence-corrected chi connectivity index (χ0v) is 21.4. The van der Waals surface area contributed by atoms with E-state index >= 15 is 0 Å². The lowest BCUT2D eigenvalue weighted by Crippen LogP contribution is -2.49. The van der Waals surface area contributed by atoms with Gasteiger partial charge in [-0.05, 0) is 68.2 Å². The zero-order valence-electron chi connectivity index (χ0n) is 21.4. The molecule has 200 valence electrons. The third-order valence-corrected chi connectivity index (χ3v) is 7.08. The van der Waals surface area contributed by atoms with E-state index in [0.717, 1.165) is 30.0 Å². The van der Waals surface area contributed by atoms with Crippen LogP contribution in [0.1, 0.15) is 42.7 Å². The van der Waals surface area contributed by atoms with E-state index in [-0.39, 0.29) is 37.3 Å². The summed E-state index contributed by atoms with van der Waals surface area (Å²) >= 11 is 0. The summed E-state index contributed by atoms with van der Waals surface area (Å²) in [7, 11) is 3.42. The highest BCUT2D eigenvalue weighted by atomic mass is 19.1. The van der Waals surface area contributed by atoms with Crippen molar-refractivity contribution in [2.45, 2.75) is 31.6 Å². The van der Waals surface area contributed by atoms with Crippen LogP contribution in [-0.2, 0) is 19.1 Å². The number of aliphatic hydroxyl groups is 1. The molecule has 2 unspecified atom stereocenters. The van der Waals surface area contributed by atoms with Gasteiger partial charge in [0.25, 0.3) is 0 Å². The summed E-state index contributed by atoms with van der Waals surface area (Å²) < 4.78 is 30.8. The van der Waals surface area contributed by atoms with Gasteiger partial charge in [-0.1, -0.05) is 24.3 Å². The van der Waals surface area contributed by atoms with Crippen LogP contribution in [0.4, 0.5) is 8.78 Å². The summed E-state index contributed by atoms with van der Waals surface area (Å²) in [6.45, 7) is 3.95. The first-order valence-corrected chi connectivity index (χ1v) is 12.4. The summed E-state index contributed by atoms with van der Waals surface area (Å²) in [5.74, 6) is -3.29. The van der Waals surface area contributed by atoms with Crippen LogP contribution in [0.15, 0.2) is 48.5 Å². The predicted molar refractivity (Wildman–Crippen MR) is 133 cm³/mol. The molecule has 9 heteroatoms. The molecule has 0 spiro atoms. The van der Waals surface area contributed by atoms with Crippen molar-refractivity contribution in [3.05, 3.63) is 71.3 Å². The Bertz CT molecular complexity index is 1080. The van der Waals surface area contributed by atoms with Crippen LogP contribution >= 0.6 is 0 Å². The number of ether oxygens (including phenoxy) is 1. The molecule has 0 saturated carbocycles. The van der Waals surface area contributed by atoms with E-state index in [1.807, 2.05) is 12.1 Å². The number of halogens is 2. The summed E-state index contributed by atoms with van der Waals surface area (Å²) in [6, 6.07) is 12.1. The van der Waals surface area contributed by atoms with Crippen molar-refractivity contribution in [3.63, 3.8) is 0 Å². The molecule has 2 heterocycles. The predicted octanol–water partition coefficient (Wildman–Crippen LogP) is 3.33. The second-order valence-corrected chi connectivity index (χ2v) is 9.53. The molecule has 2 saturated heterocycles. The molecule has 2 aliphatic rings. The van der Waals surface area contributed by atoms with E-state index in [9.17, 15) is 28.3 Å². The molecule has 7 nitrogen and oxygen atoms in total. The van der Waals surface area contributed by atoms with Gasteiger partial charge in [-0.25, -0.2) is 8.78 Å². The highest BCUT2D eigenvalue weighted by Gasteiger charge is 2.45.